The van der Waals surface area contributed by atoms with Gasteiger partial charge in [0.05, 0.1) is 0 Å². The van der Waals surface area contributed by atoms with Crippen LogP contribution in [0.25, 0.3) is 0 Å². The Morgan fingerprint density at radius 2 is 2.00 bits per heavy atom. The summed E-state index contributed by atoms with van der Waals surface area (Å²) in [6, 6.07) is 11.3. The Labute approximate surface area is 116 Å². The van der Waals surface area contributed by atoms with E-state index in [4.69, 9.17) is 0 Å². The van der Waals surface area contributed by atoms with Gasteiger partial charge in [-0.3, -0.25) is 9.78 Å². The van der Waals surface area contributed by atoms with Gasteiger partial charge in [-0.05, 0) is 36.4 Å². The Morgan fingerprint density at radius 1 is 1.20 bits per heavy atom. The monoisotopic (exact) mass is 268 g/mol. The summed E-state index contributed by atoms with van der Waals surface area (Å²) >= 11 is 0. The van der Waals surface area contributed by atoms with Gasteiger partial charge < -0.3 is 5.32 Å². The summed E-state index contributed by atoms with van der Waals surface area (Å²) in [4.78, 5) is 15.6. The van der Waals surface area contributed by atoms with E-state index in [-0.39, 0.29) is 11.7 Å². The molecule has 1 heterocycles. The average molecular weight is 268 g/mol. The van der Waals surface area contributed by atoms with Crippen molar-refractivity contribution in [2.75, 3.05) is 6.54 Å². The first kappa shape index (κ1) is 13.8. The smallest absolute Gasteiger partial charge is 0.296 e. The summed E-state index contributed by atoms with van der Waals surface area (Å²) in [6.45, 7) is 0.480. The lowest BCUT2D eigenvalue weighted by Crippen LogP contribution is -2.24. The van der Waals surface area contributed by atoms with Gasteiger partial charge >= 0.3 is 0 Å². The quantitative estimate of drug-likeness (QED) is 0.864. The molecule has 0 saturated carbocycles. The average Bonchev–Trinajstić information content (AvgIpc) is 2.48. The first-order valence-corrected chi connectivity index (χ1v) is 6.19. The van der Waals surface area contributed by atoms with Crippen molar-refractivity contribution < 1.29 is 9.18 Å². The molecule has 0 radical (unpaired) electrons. The molecule has 100 valence electrons. The number of pyridine rings is 1. The molecule has 0 unspecified atom stereocenters. The largest absolute Gasteiger partial charge is 0.345 e. The van der Waals surface area contributed by atoms with Crippen LogP contribution in [0.15, 0.2) is 48.7 Å². The second-order valence-corrected chi connectivity index (χ2v) is 4.08. The van der Waals surface area contributed by atoms with Crippen LogP contribution in [0.4, 0.5) is 4.39 Å². The number of aromatic nitrogens is 1. The summed E-state index contributed by atoms with van der Waals surface area (Å²) in [6.07, 6.45) is 2.37. The van der Waals surface area contributed by atoms with Crippen molar-refractivity contribution >= 4 is 5.91 Å². The molecule has 1 amide bonds. The predicted octanol–water partition coefficient (Wildman–Crippen LogP) is 1.93. The van der Waals surface area contributed by atoms with E-state index in [1.807, 2.05) is 18.2 Å². The maximum absolute atomic E-state index is 12.7. The molecule has 0 aliphatic heterocycles. The molecule has 0 spiro atoms. The summed E-state index contributed by atoms with van der Waals surface area (Å²) in [5.41, 5.74) is 1.52. The van der Waals surface area contributed by atoms with Gasteiger partial charge in [-0.1, -0.05) is 12.0 Å². The number of amides is 1. The molecule has 20 heavy (non-hydrogen) atoms. The van der Waals surface area contributed by atoms with E-state index in [9.17, 15) is 9.18 Å². The lowest BCUT2D eigenvalue weighted by atomic mass is 10.2. The molecule has 1 aromatic carbocycles. The van der Waals surface area contributed by atoms with E-state index in [0.29, 0.717) is 18.5 Å². The minimum atomic E-state index is -0.356. The van der Waals surface area contributed by atoms with Crippen LogP contribution in [0.1, 0.15) is 11.3 Å². The number of hydrogen-bond acceptors (Lipinski definition) is 2. The topological polar surface area (TPSA) is 42.0 Å². The van der Waals surface area contributed by atoms with Crippen molar-refractivity contribution in [3.63, 3.8) is 0 Å². The van der Waals surface area contributed by atoms with Gasteiger partial charge in [0.1, 0.15) is 5.82 Å². The zero-order valence-electron chi connectivity index (χ0n) is 10.8. The van der Waals surface area contributed by atoms with E-state index in [1.54, 1.807) is 6.20 Å². The Morgan fingerprint density at radius 3 is 2.70 bits per heavy atom. The van der Waals surface area contributed by atoms with Crippen molar-refractivity contribution in [1.29, 1.82) is 0 Å². The Kier molecular flexibility index (Phi) is 4.85. The number of carbonyl (C=O) groups excluding carboxylic acids is 1. The molecule has 0 saturated heterocycles. The summed E-state index contributed by atoms with van der Waals surface area (Å²) < 4.78 is 12.7. The van der Waals surface area contributed by atoms with Gasteiger partial charge in [0.25, 0.3) is 5.91 Å². The predicted molar refractivity (Wildman–Crippen MR) is 74.2 cm³/mol. The van der Waals surface area contributed by atoms with Gasteiger partial charge in [0, 0.05) is 36.3 Å². The van der Waals surface area contributed by atoms with Crippen molar-refractivity contribution in [1.82, 2.24) is 10.3 Å². The number of rotatable bonds is 3. The van der Waals surface area contributed by atoms with E-state index in [1.165, 1.54) is 24.3 Å². The number of hydrogen-bond donors (Lipinski definition) is 1. The van der Waals surface area contributed by atoms with E-state index in [2.05, 4.69) is 22.1 Å². The van der Waals surface area contributed by atoms with E-state index >= 15 is 0 Å². The molecular formula is C16H13FN2O. The summed E-state index contributed by atoms with van der Waals surface area (Å²) in [5.74, 6) is 4.46. The van der Waals surface area contributed by atoms with E-state index in [0.717, 1.165) is 5.69 Å². The highest BCUT2D eigenvalue weighted by Crippen LogP contribution is 2.00. The van der Waals surface area contributed by atoms with Gasteiger partial charge in [-0.25, -0.2) is 4.39 Å². The highest BCUT2D eigenvalue weighted by atomic mass is 19.1. The van der Waals surface area contributed by atoms with Crippen LogP contribution in [0.2, 0.25) is 0 Å². The van der Waals surface area contributed by atoms with Crippen LogP contribution in [0.3, 0.4) is 0 Å². The third kappa shape index (κ3) is 4.54. The Bertz CT molecular complexity index is 627. The summed E-state index contributed by atoms with van der Waals surface area (Å²) in [5, 5.41) is 2.69. The molecule has 4 heteroatoms. The number of carbonyl (C=O) groups is 1. The molecule has 3 nitrogen and oxygen atoms in total. The maximum atomic E-state index is 12.7. The molecular weight excluding hydrogens is 255 g/mol. The first-order chi connectivity index (χ1) is 9.74. The molecule has 0 bridgehead atoms. The molecule has 2 rings (SSSR count). The SMILES string of the molecule is O=C(C#Cc1ccc(F)cc1)NCCc1ccccn1. The lowest BCUT2D eigenvalue weighted by Gasteiger charge is -2.00. The highest BCUT2D eigenvalue weighted by Gasteiger charge is 1.97. The standard InChI is InChI=1S/C16H13FN2O/c17-14-7-4-13(5-8-14)6-9-16(20)19-12-10-15-3-1-2-11-18-15/h1-5,7-8,11H,10,12H2,(H,19,20). The van der Waals surface area contributed by atoms with Crippen LogP contribution in [-0.4, -0.2) is 17.4 Å². The Hall–Kier alpha value is -2.67. The van der Waals surface area contributed by atoms with Gasteiger partial charge in [-0.2, -0.15) is 0 Å². The second kappa shape index (κ2) is 7.05. The van der Waals surface area contributed by atoms with Gasteiger partial charge in [0.2, 0.25) is 0 Å². The molecule has 0 aliphatic carbocycles. The second-order valence-electron chi connectivity index (χ2n) is 4.08. The molecule has 0 aliphatic rings. The van der Waals surface area contributed by atoms with Crippen LogP contribution < -0.4 is 5.32 Å². The lowest BCUT2D eigenvalue weighted by molar-refractivity contribution is -0.115. The van der Waals surface area contributed by atoms with Crippen LogP contribution >= 0.6 is 0 Å². The maximum Gasteiger partial charge on any atom is 0.296 e. The first-order valence-electron chi connectivity index (χ1n) is 6.19. The van der Waals surface area contributed by atoms with Gasteiger partial charge in [-0.15, -0.1) is 0 Å². The van der Waals surface area contributed by atoms with Crippen molar-refractivity contribution in [2.24, 2.45) is 0 Å². The minimum absolute atomic E-state index is 0.324. The molecule has 1 aromatic heterocycles. The third-order valence-electron chi connectivity index (χ3n) is 2.56. The number of nitrogens with one attached hydrogen (secondary N) is 1. The van der Waals surface area contributed by atoms with Crippen LogP contribution in [0, 0.1) is 17.7 Å². The zero-order valence-corrected chi connectivity index (χ0v) is 10.8. The minimum Gasteiger partial charge on any atom is -0.345 e. The zero-order chi connectivity index (χ0) is 14.2. The van der Waals surface area contributed by atoms with Gasteiger partial charge in [0.15, 0.2) is 0 Å². The third-order valence-corrected chi connectivity index (χ3v) is 2.56. The van der Waals surface area contributed by atoms with Crippen molar-refractivity contribution in [3.05, 3.63) is 65.7 Å². The Balaban J connectivity index is 1.80. The number of halogens is 1. The summed E-state index contributed by atoms with van der Waals surface area (Å²) in [7, 11) is 0. The van der Waals surface area contributed by atoms with Crippen LogP contribution in [-0.2, 0) is 11.2 Å². The molecule has 0 fully saturated rings. The molecule has 1 N–H and O–H groups in total. The molecule has 2 aromatic rings. The van der Waals surface area contributed by atoms with Crippen molar-refractivity contribution in [2.45, 2.75) is 6.42 Å². The highest BCUT2D eigenvalue weighted by molar-refractivity contribution is 5.94. The van der Waals surface area contributed by atoms with Crippen molar-refractivity contribution in [3.8, 4) is 11.8 Å². The fraction of sp³-hybridized carbons (Fsp3) is 0.125. The number of benzene rings is 1. The normalized spacial score (nSPS) is 9.45. The molecule has 0 atom stereocenters. The fourth-order valence-electron chi connectivity index (χ4n) is 1.56. The van der Waals surface area contributed by atoms with E-state index < -0.39 is 0 Å². The fourth-order valence-corrected chi connectivity index (χ4v) is 1.56. The number of nitrogens with zero attached hydrogens (tertiary/aromatic N) is 1. The van der Waals surface area contributed by atoms with Crippen LogP contribution in [0.5, 0.6) is 0 Å².